The average molecular weight is 1160 g/mol. The molecule has 15 rings (SSSR count). The summed E-state index contributed by atoms with van der Waals surface area (Å²) in [4.78, 5) is 70.4. The van der Waals surface area contributed by atoms with Crippen molar-refractivity contribution in [2.24, 2.45) is 0 Å². The van der Waals surface area contributed by atoms with Crippen molar-refractivity contribution in [1.29, 1.82) is 0 Å². The molecule has 3 amide bonds. The average Bonchev–Trinajstić information content (AvgIpc) is 1.19. The van der Waals surface area contributed by atoms with Gasteiger partial charge in [0, 0.05) is 60.2 Å². The summed E-state index contributed by atoms with van der Waals surface area (Å²) in [5.74, 6) is 2.47. The van der Waals surface area contributed by atoms with Crippen molar-refractivity contribution in [3.8, 4) is 0 Å². The highest BCUT2D eigenvalue weighted by Gasteiger charge is 2.56. The molecule has 13 atom stereocenters. The van der Waals surface area contributed by atoms with Crippen LogP contribution in [0.5, 0.6) is 0 Å². The first-order valence-electron chi connectivity index (χ1n) is 33.7. The normalized spacial score (nSPS) is 33.1. The number of aryl methyl sites for hydroxylation is 2. The quantitative estimate of drug-likeness (QED) is 0.0912. The van der Waals surface area contributed by atoms with Gasteiger partial charge in [0.15, 0.2) is 0 Å². The monoisotopic (exact) mass is 1160 g/mol. The summed E-state index contributed by atoms with van der Waals surface area (Å²) in [5, 5.41) is 10.9. The molecule has 0 spiro atoms. The highest BCUT2D eigenvalue weighted by molar-refractivity contribution is 5.87. The van der Waals surface area contributed by atoms with Gasteiger partial charge < -0.3 is 39.8 Å². The number of hydrogen-bond donors (Lipinski definition) is 3. The fraction of sp³-hybridized carbons (Fsp3) is 0.592. The summed E-state index contributed by atoms with van der Waals surface area (Å²) in [6.45, 7) is 9.76. The summed E-state index contributed by atoms with van der Waals surface area (Å²) < 4.78 is 5.08. The number of carbonyl (C=O) groups is 3. The van der Waals surface area contributed by atoms with E-state index in [1.807, 2.05) is 0 Å². The number of hydrogen-bond acceptors (Lipinski definition) is 10. The minimum atomic E-state index is -0.574. The zero-order valence-electron chi connectivity index (χ0n) is 51.1. The number of imidazole rings is 2. The summed E-state index contributed by atoms with van der Waals surface area (Å²) in [6, 6.07) is 41.4. The second kappa shape index (κ2) is 23.5. The van der Waals surface area contributed by atoms with Crippen LogP contribution in [0.4, 0.5) is 0 Å². The highest BCUT2D eigenvalue weighted by atomic mass is 16.2. The van der Waals surface area contributed by atoms with Crippen molar-refractivity contribution in [2.45, 2.75) is 220 Å². The topological polar surface area (TPSA) is 139 Å². The SMILES string of the molecule is Cc1nc2ccccc2n1C1C[C@H]2CC[C@@H](C1)N2CCC1(c2ccccc2)CCN(C(=O)[C@H]2CCCN2)C(N(C(=O)[C@H]2CCCN2)C2CC(CCN3[C@@H]4CC[C@H]3CC(n3c(C)nc5ccccc53)C4)(c3ccccc3)CCN2C(=O)[C@H]2CCCN2)C1. The van der Waals surface area contributed by atoms with E-state index in [0.29, 0.717) is 62.2 Å². The van der Waals surface area contributed by atoms with Crippen molar-refractivity contribution < 1.29 is 14.4 Å². The first-order valence-corrected chi connectivity index (χ1v) is 33.7. The molecular weight excluding hydrogens is 1070 g/mol. The van der Waals surface area contributed by atoms with E-state index in [1.54, 1.807) is 0 Å². The van der Waals surface area contributed by atoms with Crippen molar-refractivity contribution in [2.75, 3.05) is 45.8 Å². The van der Waals surface area contributed by atoms with Gasteiger partial charge in [-0.2, -0.15) is 0 Å². The van der Waals surface area contributed by atoms with Crippen LogP contribution < -0.4 is 16.0 Å². The minimum absolute atomic E-state index is 0.0458. The number of benzene rings is 4. The van der Waals surface area contributed by atoms with Crippen LogP contribution in [-0.4, -0.2) is 162 Å². The van der Waals surface area contributed by atoms with Crippen molar-refractivity contribution in [1.82, 2.24) is 59.6 Å². The predicted molar refractivity (Wildman–Crippen MR) is 337 cm³/mol. The van der Waals surface area contributed by atoms with Gasteiger partial charge in [0.05, 0.1) is 40.2 Å². The Hall–Kier alpha value is -5.97. The number of aromatic nitrogens is 4. The molecule has 15 nitrogen and oxygen atoms in total. The molecule has 4 bridgehead atoms. The zero-order valence-corrected chi connectivity index (χ0v) is 51.1. The molecule has 0 aliphatic carbocycles. The molecule has 9 fully saturated rings. The molecule has 9 aliphatic heterocycles. The molecule has 86 heavy (non-hydrogen) atoms. The molecule has 0 radical (unpaired) electrons. The van der Waals surface area contributed by atoms with Crippen LogP contribution in [0.25, 0.3) is 22.1 Å². The summed E-state index contributed by atoms with van der Waals surface area (Å²) in [5.41, 5.74) is 6.56. The third kappa shape index (κ3) is 10.2. The first-order chi connectivity index (χ1) is 42.1. The summed E-state index contributed by atoms with van der Waals surface area (Å²) >= 11 is 0. The third-order valence-corrected chi connectivity index (χ3v) is 23.5. The molecule has 11 heterocycles. The zero-order chi connectivity index (χ0) is 58.1. The van der Waals surface area contributed by atoms with Crippen LogP contribution >= 0.6 is 0 Å². The number of fused-ring (bicyclic) bond motifs is 6. The number of carbonyl (C=O) groups excluding carboxylic acids is 3. The Kier molecular flexibility index (Phi) is 15.5. The van der Waals surface area contributed by atoms with E-state index in [0.717, 1.165) is 145 Å². The van der Waals surface area contributed by atoms with E-state index in [9.17, 15) is 0 Å². The number of para-hydroxylation sites is 4. The van der Waals surface area contributed by atoms with Gasteiger partial charge in [-0.15, -0.1) is 0 Å². The van der Waals surface area contributed by atoms with E-state index in [2.05, 4.69) is 173 Å². The van der Waals surface area contributed by atoms with Crippen LogP contribution in [0.15, 0.2) is 109 Å². The number of amides is 3. The highest BCUT2D eigenvalue weighted by Crippen LogP contribution is 2.51. The lowest BCUT2D eigenvalue weighted by Gasteiger charge is -2.58. The molecule has 454 valence electrons. The van der Waals surface area contributed by atoms with E-state index in [-0.39, 0.29) is 40.6 Å². The van der Waals surface area contributed by atoms with Crippen molar-refractivity contribution in [3.05, 3.63) is 132 Å². The minimum Gasteiger partial charge on any atom is -0.325 e. The van der Waals surface area contributed by atoms with Crippen molar-refractivity contribution in [3.63, 3.8) is 0 Å². The molecule has 15 heteroatoms. The summed E-state index contributed by atoms with van der Waals surface area (Å²) in [6.07, 6.45) is 17.9. The number of piperidine rings is 4. The van der Waals surface area contributed by atoms with Crippen LogP contribution in [-0.2, 0) is 25.2 Å². The smallest absolute Gasteiger partial charge is 0.242 e. The standard InChI is InChI=1S/C71H92N12O3/c1-48-75-58-20-9-11-25-63(58)81(48)56-42-52-27-28-53(43-56)77(52)38-31-70(50-16-5-3-6-17-50)33-40-79(67(84)60-22-13-35-72-60)65(46-70)83(69(86)62-24-15-37-74-62)66-47-71(51-18-7-4-8-19-51,34-41-80(66)68(85)61-23-14-36-73-61)32-39-78-54-29-30-55(78)45-57(44-54)82-49(2)76-59-21-10-12-26-64(59)82/h3-12,16-21,25-26,52-57,60-62,65-66,72-74H,13-15,22-24,27-47H2,1-2H3/t52-,53+,54-,55+,56?,57?,60-,61-,62-,65?,66?,70?,71?/m1/s1. The number of nitrogens with one attached hydrogen (secondary N) is 3. The van der Waals surface area contributed by atoms with E-state index in [1.165, 1.54) is 47.8 Å². The Morgan fingerprint density at radius 2 is 0.872 bits per heavy atom. The maximum Gasteiger partial charge on any atom is 0.242 e. The molecule has 9 aliphatic rings. The largest absolute Gasteiger partial charge is 0.325 e. The molecule has 3 N–H and O–H groups in total. The molecule has 0 saturated carbocycles. The lowest BCUT2D eigenvalue weighted by molar-refractivity contribution is -0.172. The van der Waals surface area contributed by atoms with Crippen LogP contribution in [0.2, 0.25) is 0 Å². The Morgan fingerprint density at radius 1 is 0.488 bits per heavy atom. The first kappa shape index (κ1) is 56.5. The van der Waals surface area contributed by atoms with Gasteiger partial charge in [0.25, 0.3) is 0 Å². The Balaban J connectivity index is 0.792. The molecule has 9 saturated heterocycles. The number of nitrogens with zero attached hydrogens (tertiary/aromatic N) is 9. The molecular formula is C71H92N12O3. The van der Waals surface area contributed by atoms with E-state index >= 15 is 14.4 Å². The Bertz CT molecular complexity index is 3170. The fourth-order valence-electron chi connectivity index (χ4n) is 19.3. The van der Waals surface area contributed by atoms with Crippen molar-refractivity contribution >= 4 is 39.8 Å². The number of rotatable bonds is 15. The lowest BCUT2D eigenvalue weighted by Crippen LogP contribution is -2.71. The fourth-order valence-corrected chi connectivity index (χ4v) is 19.3. The van der Waals surface area contributed by atoms with Gasteiger partial charge in [-0.1, -0.05) is 84.9 Å². The van der Waals surface area contributed by atoms with Crippen LogP contribution in [0, 0.1) is 13.8 Å². The van der Waals surface area contributed by atoms with Gasteiger partial charge in [-0.25, -0.2) is 9.97 Å². The Morgan fingerprint density at radius 3 is 1.27 bits per heavy atom. The van der Waals surface area contributed by atoms with Gasteiger partial charge in [-0.05, 0) is 210 Å². The summed E-state index contributed by atoms with van der Waals surface area (Å²) in [7, 11) is 0. The lowest BCUT2D eigenvalue weighted by atomic mass is 9.67. The molecule has 6 unspecified atom stereocenters. The van der Waals surface area contributed by atoms with Crippen LogP contribution in [0.3, 0.4) is 0 Å². The molecule has 4 aromatic carbocycles. The predicted octanol–water partition coefficient (Wildman–Crippen LogP) is 9.68. The van der Waals surface area contributed by atoms with Gasteiger partial charge in [0.1, 0.15) is 24.0 Å². The van der Waals surface area contributed by atoms with Gasteiger partial charge in [0.2, 0.25) is 17.7 Å². The Labute approximate surface area is 509 Å². The maximum atomic E-state index is 16.6. The molecule has 6 aromatic rings. The molecule has 2 aromatic heterocycles. The van der Waals surface area contributed by atoms with E-state index < -0.39 is 18.4 Å². The van der Waals surface area contributed by atoms with Gasteiger partial charge >= 0.3 is 0 Å². The second-order valence-corrected chi connectivity index (χ2v) is 27.9. The maximum absolute atomic E-state index is 16.6. The second-order valence-electron chi connectivity index (χ2n) is 27.9. The van der Waals surface area contributed by atoms with E-state index in [4.69, 9.17) is 9.97 Å². The van der Waals surface area contributed by atoms with Crippen LogP contribution in [0.1, 0.15) is 163 Å². The third-order valence-electron chi connectivity index (χ3n) is 23.5. The number of likely N-dealkylation sites (tertiary alicyclic amines) is 2. The van der Waals surface area contributed by atoms with Gasteiger partial charge in [-0.3, -0.25) is 24.2 Å².